The molecule has 0 heterocycles. The molecule has 0 unspecified atom stereocenters. The third-order valence-corrected chi connectivity index (χ3v) is 2.47. The molecule has 0 radical (unpaired) electrons. The molecule has 0 saturated carbocycles. The van der Waals surface area contributed by atoms with Gasteiger partial charge in [0.25, 0.3) is 5.69 Å². The number of nitrogens with two attached hydrogens (primary N) is 1. The first-order chi connectivity index (χ1) is 6.20. The van der Waals surface area contributed by atoms with Crippen molar-refractivity contribution in [1.82, 2.24) is 0 Å². The molecule has 0 spiro atoms. The fourth-order valence-electron chi connectivity index (χ4n) is 1.88. The number of nitro groups is 1. The summed E-state index contributed by atoms with van der Waals surface area (Å²) >= 11 is 0. The minimum atomic E-state index is -0.376. The molecule has 0 saturated heterocycles. The summed E-state index contributed by atoms with van der Waals surface area (Å²) in [6, 6.07) is 3.52. The Hall–Kier alpha value is -1.58. The Balaban J connectivity index is 2.65. The zero-order valence-electron chi connectivity index (χ0n) is 7.12. The van der Waals surface area contributed by atoms with Gasteiger partial charge in [-0.1, -0.05) is 6.07 Å². The van der Waals surface area contributed by atoms with E-state index in [9.17, 15) is 10.1 Å². The van der Waals surface area contributed by atoms with E-state index >= 15 is 0 Å². The van der Waals surface area contributed by atoms with E-state index in [1.54, 1.807) is 6.07 Å². The lowest BCUT2D eigenvalue weighted by atomic mass is 10.1. The highest BCUT2D eigenvalue weighted by atomic mass is 16.6. The molecule has 0 fully saturated rings. The summed E-state index contributed by atoms with van der Waals surface area (Å²) in [6.45, 7) is 0. The molecule has 2 N–H and O–H groups in total. The van der Waals surface area contributed by atoms with E-state index in [0.717, 1.165) is 30.4 Å². The normalized spacial score (nSPS) is 14.2. The van der Waals surface area contributed by atoms with Crippen LogP contribution in [0.4, 0.5) is 11.4 Å². The van der Waals surface area contributed by atoms with Crippen molar-refractivity contribution in [3.8, 4) is 0 Å². The number of rotatable bonds is 1. The summed E-state index contributed by atoms with van der Waals surface area (Å²) in [5.41, 5.74) is 7.88. The van der Waals surface area contributed by atoms with Gasteiger partial charge >= 0.3 is 0 Å². The van der Waals surface area contributed by atoms with Gasteiger partial charge in [-0.3, -0.25) is 10.1 Å². The lowest BCUT2D eigenvalue weighted by Gasteiger charge is -2.02. The number of fused-ring (bicyclic) bond motifs is 1. The molecule has 68 valence electrons. The predicted molar refractivity (Wildman–Crippen MR) is 49.5 cm³/mol. The summed E-state index contributed by atoms with van der Waals surface area (Å²) in [6.07, 6.45) is 2.73. The fourth-order valence-corrected chi connectivity index (χ4v) is 1.88. The third-order valence-electron chi connectivity index (χ3n) is 2.47. The molecule has 1 aromatic carbocycles. The second-order valence-corrected chi connectivity index (χ2v) is 3.25. The Labute approximate surface area is 75.5 Å². The van der Waals surface area contributed by atoms with E-state index in [2.05, 4.69) is 0 Å². The van der Waals surface area contributed by atoms with Gasteiger partial charge in [-0.25, -0.2) is 0 Å². The molecule has 0 aromatic heterocycles. The van der Waals surface area contributed by atoms with Gasteiger partial charge in [-0.15, -0.1) is 0 Å². The molecule has 0 amide bonds. The van der Waals surface area contributed by atoms with Crippen molar-refractivity contribution in [1.29, 1.82) is 0 Å². The number of nitrogens with zero attached hydrogens (tertiary/aromatic N) is 1. The largest absolute Gasteiger partial charge is 0.393 e. The fraction of sp³-hybridized carbons (Fsp3) is 0.333. The standard InChI is InChI=1S/C9H10N2O2/c10-8-5-4-6-2-1-3-7(6)9(8)11(12)13/h4-5H,1-3,10H2. The topological polar surface area (TPSA) is 69.2 Å². The second kappa shape index (κ2) is 2.73. The summed E-state index contributed by atoms with van der Waals surface area (Å²) in [4.78, 5) is 10.3. The maximum absolute atomic E-state index is 10.7. The van der Waals surface area contributed by atoms with Crippen LogP contribution in [0.15, 0.2) is 12.1 Å². The van der Waals surface area contributed by atoms with Crippen LogP contribution in [0.25, 0.3) is 0 Å². The molecule has 1 aromatic rings. The lowest BCUT2D eigenvalue weighted by molar-refractivity contribution is -0.384. The van der Waals surface area contributed by atoms with E-state index in [-0.39, 0.29) is 16.3 Å². The quantitative estimate of drug-likeness (QED) is 0.404. The van der Waals surface area contributed by atoms with E-state index in [0.29, 0.717) is 0 Å². The zero-order valence-corrected chi connectivity index (χ0v) is 7.12. The van der Waals surface area contributed by atoms with Gasteiger partial charge in [-0.05, 0) is 30.9 Å². The van der Waals surface area contributed by atoms with Crippen LogP contribution in [0.5, 0.6) is 0 Å². The molecule has 0 bridgehead atoms. The molecule has 1 aliphatic carbocycles. The van der Waals surface area contributed by atoms with E-state index in [1.807, 2.05) is 6.07 Å². The smallest absolute Gasteiger partial charge is 0.295 e. The van der Waals surface area contributed by atoms with Crippen LogP contribution in [0.1, 0.15) is 17.5 Å². The summed E-state index contributed by atoms with van der Waals surface area (Å²) < 4.78 is 0. The monoisotopic (exact) mass is 178 g/mol. The number of hydrogen-bond donors (Lipinski definition) is 1. The van der Waals surface area contributed by atoms with Crippen molar-refractivity contribution < 1.29 is 4.92 Å². The second-order valence-electron chi connectivity index (χ2n) is 3.25. The first-order valence-corrected chi connectivity index (χ1v) is 4.25. The van der Waals surface area contributed by atoms with Crippen LogP contribution in [0, 0.1) is 10.1 Å². The number of aryl methyl sites for hydroxylation is 1. The molecule has 0 atom stereocenters. The predicted octanol–water partition coefficient (Wildman–Crippen LogP) is 1.67. The maximum Gasteiger partial charge on any atom is 0.295 e. The Kier molecular flexibility index (Phi) is 1.69. The molecule has 0 aliphatic heterocycles. The summed E-state index contributed by atoms with van der Waals surface area (Å²) in [7, 11) is 0. The van der Waals surface area contributed by atoms with Gasteiger partial charge in [0.15, 0.2) is 0 Å². The number of nitro benzene ring substituents is 1. The van der Waals surface area contributed by atoms with Gasteiger partial charge in [0.05, 0.1) is 4.92 Å². The van der Waals surface area contributed by atoms with Gasteiger partial charge in [0.1, 0.15) is 5.69 Å². The van der Waals surface area contributed by atoms with Crippen LogP contribution < -0.4 is 5.73 Å². The highest BCUT2D eigenvalue weighted by Crippen LogP contribution is 2.34. The van der Waals surface area contributed by atoms with E-state index < -0.39 is 0 Å². The highest BCUT2D eigenvalue weighted by molar-refractivity contribution is 5.65. The molecule has 4 heteroatoms. The Morgan fingerprint density at radius 3 is 2.85 bits per heavy atom. The van der Waals surface area contributed by atoms with Crippen LogP contribution in [-0.2, 0) is 12.8 Å². The van der Waals surface area contributed by atoms with E-state index in [1.165, 1.54) is 0 Å². The van der Waals surface area contributed by atoms with Gasteiger partial charge in [-0.2, -0.15) is 0 Å². The minimum Gasteiger partial charge on any atom is -0.393 e. The summed E-state index contributed by atoms with van der Waals surface area (Å²) in [5, 5.41) is 10.7. The molecular weight excluding hydrogens is 168 g/mol. The zero-order chi connectivity index (χ0) is 9.42. The number of hydrogen-bond acceptors (Lipinski definition) is 3. The van der Waals surface area contributed by atoms with Crippen molar-refractivity contribution in [2.24, 2.45) is 0 Å². The maximum atomic E-state index is 10.7. The van der Waals surface area contributed by atoms with Gasteiger partial charge in [0, 0.05) is 5.56 Å². The van der Waals surface area contributed by atoms with Crippen LogP contribution in [-0.4, -0.2) is 4.92 Å². The van der Waals surface area contributed by atoms with Crippen molar-refractivity contribution >= 4 is 11.4 Å². The Morgan fingerprint density at radius 2 is 2.15 bits per heavy atom. The number of anilines is 1. The SMILES string of the molecule is Nc1ccc2c(c1[N+](=O)[O-])CCC2. The highest BCUT2D eigenvalue weighted by Gasteiger charge is 2.24. The lowest BCUT2D eigenvalue weighted by Crippen LogP contribution is -2.00. The Bertz CT molecular complexity index is 374. The average molecular weight is 178 g/mol. The van der Waals surface area contributed by atoms with Crippen LogP contribution in [0.3, 0.4) is 0 Å². The number of benzene rings is 1. The molecular formula is C9H10N2O2. The number of nitrogen functional groups attached to an aromatic ring is 1. The van der Waals surface area contributed by atoms with Gasteiger partial charge in [0.2, 0.25) is 0 Å². The van der Waals surface area contributed by atoms with Crippen LogP contribution >= 0.6 is 0 Å². The third kappa shape index (κ3) is 1.14. The molecule has 4 nitrogen and oxygen atoms in total. The van der Waals surface area contributed by atoms with Crippen LogP contribution in [0.2, 0.25) is 0 Å². The van der Waals surface area contributed by atoms with Crippen molar-refractivity contribution in [2.45, 2.75) is 19.3 Å². The van der Waals surface area contributed by atoms with Crippen molar-refractivity contribution in [3.63, 3.8) is 0 Å². The summed E-state index contributed by atoms with van der Waals surface area (Å²) in [5.74, 6) is 0. The first kappa shape index (κ1) is 8.04. The van der Waals surface area contributed by atoms with Crippen molar-refractivity contribution in [2.75, 3.05) is 5.73 Å². The van der Waals surface area contributed by atoms with Gasteiger partial charge < -0.3 is 5.73 Å². The van der Waals surface area contributed by atoms with E-state index in [4.69, 9.17) is 5.73 Å². The van der Waals surface area contributed by atoms with Crippen molar-refractivity contribution in [3.05, 3.63) is 33.4 Å². The Morgan fingerprint density at radius 1 is 1.38 bits per heavy atom. The minimum absolute atomic E-state index is 0.120. The molecule has 13 heavy (non-hydrogen) atoms. The molecule has 1 aliphatic rings. The molecule has 2 rings (SSSR count). The first-order valence-electron chi connectivity index (χ1n) is 4.25. The average Bonchev–Trinajstić information content (AvgIpc) is 2.50.